The average molecular weight is 536 g/mol. The molecule has 0 amide bonds. The lowest BCUT2D eigenvalue weighted by Gasteiger charge is -2.67. The highest BCUT2D eigenvalue weighted by Crippen LogP contribution is 2.71. The van der Waals surface area contributed by atoms with Gasteiger partial charge in [0.25, 0.3) is 0 Å². The molecule has 6 rings (SSSR count). The van der Waals surface area contributed by atoms with Gasteiger partial charge in [0, 0.05) is 18.6 Å². The summed E-state index contributed by atoms with van der Waals surface area (Å²) in [4.78, 5) is 0.341. The predicted molar refractivity (Wildman–Crippen MR) is 149 cm³/mol. The summed E-state index contributed by atoms with van der Waals surface area (Å²) in [6, 6.07) is 17.0. The maximum Gasteiger partial charge on any atom is 0.243 e. The van der Waals surface area contributed by atoms with Crippen LogP contribution in [0, 0.1) is 29.6 Å². The van der Waals surface area contributed by atoms with E-state index in [0.29, 0.717) is 31.1 Å². The first-order valence-corrected chi connectivity index (χ1v) is 15.8. The molecule has 1 saturated heterocycles. The molecular formula is C32H41NO4S. The highest BCUT2D eigenvalue weighted by atomic mass is 32.2. The molecule has 6 heteroatoms. The zero-order chi connectivity index (χ0) is 26.6. The molecule has 0 radical (unpaired) electrons. The summed E-state index contributed by atoms with van der Waals surface area (Å²) in [6.07, 6.45) is 10.5. The molecule has 0 spiro atoms. The van der Waals surface area contributed by atoms with Crippen LogP contribution < -0.4 is 0 Å². The Labute approximate surface area is 228 Å². The topological polar surface area (TPSA) is 66.8 Å². The zero-order valence-corrected chi connectivity index (χ0v) is 23.5. The van der Waals surface area contributed by atoms with Crippen LogP contribution in [-0.2, 0) is 21.4 Å². The Morgan fingerprint density at radius 1 is 1.03 bits per heavy atom. The molecule has 1 N–H and O–H groups in total. The molecule has 1 aliphatic heterocycles. The van der Waals surface area contributed by atoms with Crippen LogP contribution in [-0.4, -0.2) is 42.6 Å². The van der Waals surface area contributed by atoms with E-state index in [2.05, 4.69) is 31.2 Å². The van der Waals surface area contributed by atoms with Crippen LogP contribution >= 0.6 is 0 Å². The van der Waals surface area contributed by atoms with Crippen LogP contribution in [0.4, 0.5) is 0 Å². The molecule has 5 nitrogen and oxygen atoms in total. The van der Waals surface area contributed by atoms with Gasteiger partial charge in [-0.2, -0.15) is 4.31 Å². The first kappa shape index (κ1) is 26.2. The minimum Gasteiger partial charge on any atom is -0.389 e. The molecular weight excluding hydrogens is 494 g/mol. The van der Waals surface area contributed by atoms with Crippen molar-refractivity contribution >= 4 is 10.0 Å². The van der Waals surface area contributed by atoms with Gasteiger partial charge in [0.15, 0.2) is 0 Å². The molecule has 3 fully saturated rings. The number of nitrogens with zero attached hydrogens (tertiary/aromatic N) is 1. The summed E-state index contributed by atoms with van der Waals surface area (Å²) in [5.41, 5.74) is 0.444. The van der Waals surface area contributed by atoms with Crippen molar-refractivity contribution in [1.29, 1.82) is 0 Å². The second-order valence-corrected chi connectivity index (χ2v) is 14.3. The molecule has 6 atom stereocenters. The van der Waals surface area contributed by atoms with Gasteiger partial charge in [-0.3, -0.25) is 0 Å². The van der Waals surface area contributed by atoms with Gasteiger partial charge in [-0.05, 0) is 80.4 Å². The third kappa shape index (κ3) is 3.78. The first-order valence-electron chi connectivity index (χ1n) is 14.3. The third-order valence-electron chi connectivity index (χ3n) is 10.8. The number of ether oxygens (including phenoxy) is 1. The Hall–Kier alpha value is -1.99. The lowest BCUT2D eigenvalue weighted by atomic mass is 9.43. The van der Waals surface area contributed by atoms with E-state index in [9.17, 15) is 13.5 Å². The molecule has 0 aromatic heterocycles. The highest BCUT2D eigenvalue weighted by molar-refractivity contribution is 7.89. The summed E-state index contributed by atoms with van der Waals surface area (Å²) in [6.45, 7) is 5.85. The second kappa shape index (κ2) is 9.58. The summed E-state index contributed by atoms with van der Waals surface area (Å²) >= 11 is 0. The average Bonchev–Trinajstić information content (AvgIpc) is 3.27. The van der Waals surface area contributed by atoms with Crippen molar-refractivity contribution in [3.8, 4) is 0 Å². The molecule has 2 aromatic carbocycles. The van der Waals surface area contributed by atoms with Crippen molar-refractivity contribution in [3.05, 3.63) is 77.9 Å². The summed E-state index contributed by atoms with van der Waals surface area (Å²) < 4.78 is 36.6. The van der Waals surface area contributed by atoms with E-state index in [-0.39, 0.29) is 17.3 Å². The normalized spacial score (nSPS) is 36.6. The monoisotopic (exact) mass is 535 g/mol. The molecule has 2 aromatic rings. The molecule has 1 heterocycles. The fourth-order valence-corrected chi connectivity index (χ4v) is 10.5. The van der Waals surface area contributed by atoms with Crippen molar-refractivity contribution in [2.45, 2.75) is 81.9 Å². The van der Waals surface area contributed by atoms with Gasteiger partial charge in [-0.15, -0.1) is 0 Å². The van der Waals surface area contributed by atoms with E-state index in [0.717, 1.165) is 49.7 Å². The quantitative estimate of drug-likeness (QED) is 0.356. The number of fused-ring (bicyclic) bond motifs is 1. The van der Waals surface area contributed by atoms with Crippen molar-refractivity contribution < 1.29 is 18.3 Å². The van der Waals surface area contributed by atoms with Gasteiger partial charge in [0.2, 0.25) is 10.0 Å². The van der Waals surface area contributed by atoms with Gasteiger partial charge in [0.1, 0.15) is 0 Å². The predicted octanol–water partition coefficient (Wildman–Crippen LogP) is 5.87. The Kier molecular flexibility index (Phi) is 6.62. The summed E-state index contributed by atoms with van der Waals surface area (Å²) in [5.74, 6) is 0.393. The lowest BCUT2D eigenvalue weighted by molar-refractivity contribution is -0.226. The van der Waals surface area contributed by atoms with E-state index in [4.69, 9.17) is 4.74 Å². The van der Waals surface area contributed by atoms with Crippen LogP contribution in [0.15, 0.2) is 71.6 Å². The fourth-order valence-electron chi connectivity index (χ4n) is 8.87. The number of benzene rings is 2. The third-order valence-corrected chi connectivity index (χ3v) is 12.7. The zero-order valence-electron chi connectivity index (χ0n) is 22.7. The number of piperidine rings is 1. The van der Waals surface area contributed by atoms with Crippen molar-refractivity contribution in [3.63, 3.8) is 0 Å². The van der Waals surface area contributed by atoms with Gasteiger partial charge in [-0.25, -0.2) is 8.42 Å². The SMILES string of the molecule is Cc1ccc(S(=O)(=O)N2C[C@H]3CC[C@@H]4CCC[C@@]4(O)[C@@]4(CCOCc5ccccc5)[C@@H]2C=CC[C@@]34C)cc1. The van der Waals surface area contributed by atoms with E-state index in [1.54, 1.807) is 16.4 Å². The number of rotatable bonds is 7. The molecule has 38 heavy (non-hydrogen) atoms. The Bertz CT molecular complexity index is 1290. The molecule has 2 saturated carbocycles. The first-order chi connectivity index (χ1) is 18.2. The van der Waals surface area contributed by atoms with Gasteiger partial charge < -0.3 is 9.84 Å². The van der Waals surface area contributed by atoms with Gasteiger partial charge in [0.05, 0.1) is 23.1 Å². The van der Waals surface area contributed by atoms with Gasteiger partial charge in [-0.1, -0.05) is 73.5 Å². The van der Waals surface area contributed by atoms with Crippen LogP contribution in [0.5, 0.6) is 0 Å². The van der Waals surface area contributed by atoms with E-state index in [1.165, 1.54) is 0 Å². The molecule has 4 aliphatic rings. The lowest BCUT2D eigenvalue weighted by Crippen LogP contribution is -2.73. The van der Waals surface area contributed by atoms with Crippen LogP contribution in [0.2, 0.25) is 0 Å². The fraction of sp³-hybridized carbons (Fsp3) is 0.562. The molecule has 204 valence electrons. The van der Waals surface area contributed by atoms with Crippen molar-refractivity contribution in [1.82, 2.24) is 4.31 Å². The minimum absolute atomic E-state index is 0.188. The van der Waals surface area contributed by atoms with Gasteiger partial charge >= 0.3 is 0 Å². The summed E-state index contributed by atoms with van der Waals surface area (Å²) in [7, 11) is -3.75. The Balaban J connectivity index is 1.43. The molecule has 4 bridgehead atoms. The highest BCUT2D eigenvalue weighted by Gasteiger charge is 2.73. The van der Waals surface area contributed by atoms with Crippen LogP contribution in [0.3, 0.4) is 0 Å². The van der Waals surface area contributed by atoms with E-state index in [1.807, 2.05) is 37.3 Å². The maximum atomic E-state index is 14.3. The number of aryl methyl sites for hydroxylation is 1. The number of aliphatic hydroxyl groups is 1. The number of hydrogen-bond donors (Lipinski definition) is 1. The number of sulfonamides is 1. The van der Waals surface area contributed by atoms with Crippen molar-refractivity contribution in [2.24, 2.45) is 22.7 Å². The van der Waals surface area contributed by atoms with Crippen LogP contribution in [0.1, 0.15) is 63.0 Å². The second-order valence-electron chi connectivity index (χ2n) is 12.4. The number of allylic oxidation sites excluding steroid dienone is 1. The maximum absolute atomic E-state index is 14.3. The summed E-state index contributed by atoms with van der Waals surface area (Å²) in [5, 5.41) is 12.8. The largest absolute Gasteiger partial charge is 0.389 e. The Morgan fingerprint density at radius 2 is 1.76 bits per heavy atom. The van der Waals surface area contributed by atoms with E-state index < -0.39 is 27.1 Å². The van der Waals surface area contributed by atoms with E-state index >= 15 is 0 Å². The van der Waals surface area contributed by atoms with Crippen molar-refractivity contribution in [2.75, 3.05) is 13.2 Å². The standard InChI is InChI=1S/C32H41NO4S/c1-24-12-16-28(17-13-24)38(35,36)33-22-27-15-14-26-10-6-19-32(26,34)31(29(33)11-7-18-30(27,31)2)20-21-37-23-25-8-4-3-5-9-25/h3-5,7-9,11-13,16-17,26-27,29,34H,6,10,14-15,18-23H2,1-2H3/t26-,27+,29-,30-,31-,32-/m0/s1. The molecule has 0 unspecified atom stereocenters. The smallest absolute Gasteiger partial charge is 0.243 e. The molecule has 3 aliphatic carbocycles. The Morgan fingerprint density at radius 3 is 2.53 bits per heavy atom. The van der Waals surface area contributed by atoms with Crippen LogP contribution in [0.25, 0.3) is 0 Å². The minimum atomic E-state index is -3.75. The number of hydrogen-bond acceptors (Lipinski definition) is 4.